The van der Waals surface area contributed by atoms with Crippen LogP contribution in [0.2, 0.25) is 0 Å². The first-order valence-electron chi connectivity index (χ1n) is 10.8. The van der Waals surface area contributed by atoms with Gasteiger partial charge in [-0.15, -0.1) is 12.4 Å². The van der Waals surface area contributed by atoms with Gasteiger partial charge >= 0.3 is 6.03 Å². The highest BCUT2D eigenvalue weighted by Crippen LogP contribution is 2.34. The van der Waals surface area contributed by atoms with Crippen LogP contribution in [0.1, 0.15) is 44.1 Å². The quantitative estimate of drug-likeness (QED) is 0.701. The molecule has 3 fully saturated rings. The number of amides is 3. The Kier molecular flexibility index (Phi) is 7.41. The number of nitrogens with one attached hydrogen (secondary N) is 3. The van der Waals surface area contributed by atoms with Crippen molar-refractivity contribution in [1.29, 1.82) is 0 Å². The van der Waals surface area contributed by atoms with Gasteiger partial charge in [0, 0.05) is 19.6 Å². The van der Waals surface area contributed by atoms with Crippen LogP contribution in [-0.4, -0.2) is 48.6 Å². The number of benzene rings is 1. The normalized spacial score (nSPS) is 25.4. The van der Waals surface area contributed by atoms with Gasteiger partial charge in [-0.25, -0.2) is 4.79 Å². The molecule has 1 saturated carbocycles. The molecule has 3 aliphatic rings. The van der Waals surface area contributed by atoms with Gasteiger partial charge in [-0.1, -0.05) is 43.2 Å². The van der Waals surface area contributed by atoms with Crippen molar-refractivity contribution in [3.8, 4) is 0 Å². The molecule has 160 valence electrons. The van der Waals surface area contributed by atoms with Crippen LogP contribution in [-0.2, 0) is 11.3 Å². The largest absolute Gasteiger partial charge is 0.341 e. The van der Waals surface area contributed by atoms with Crippen LogP contribution in [0.4, 0.5) is 4.79 Å². The molecule has 29 heavy (non-hydrogen) atoms. The van der Waals surface area contributed by atoms with E-state index in [2.05, 4.69) is 16.0 Å². The lowest BCUT2D eigenvalue weighted by Gasteiger charge is -2.35. The number of rotatable bonds is 4. The molecule has 4 rings (SSSR count). The highest BCUT2D eigenvalue weighted by Gasteiger charge is 2.45. The Morgan fingerprint density at radius 2 is 1.66 bits per heavy atom. The third-order valence-electron chi connectivity index (χ3n) is 6.82. The van der Waals surface area contributed by atoms with Gasteiger partial charge in [0.15, 0.2) is 0 Å². The average Bonchev–Trinajstić information content (AvgIpc) is 3.33. The molecule has 2 heterocycles. The van der Waals surface area contributed by atoms with Crippen LogP contribution in [0.15, 0.2) is 30.3 Å². The van der Waals surface area contributed by atoms with Crippen molar-refractivity contribution in [3.63, 3.8) is 0 Å². The first-order chi connectivity index (χ1) is 13.7. The van der Waals surface area contributed by atoms with E-state index in [1.807, 2.05) is 35.2 Å². The van der Waals surface area contributed by atoms with Crippen LogP contribution in [0.25, 0.3) is 0 Å². The summed E-state index contributed by atoms with van der Waals surface area (Å²) in [5.41, 5.74) is 0.329. The molecule has 1 aliphatic carbocycles. The zero-order valence-electron chi connectivity index (χ0n) is 17.0. The van der Waals surface area contributed by atoms with E-state index in [-0.39, 0.29) is 24.3 Å². The molecule has 0 radical (unpaired) electrons. The van der Waals surface area contributed by atoms with Gasteiger partial charge in [0.1, 0.15) is 5.54 Å². The smallest absolute Gasteiger partial charge is 0.315 e. The molecule has 6 nitrogen and oxygen atoms in total. The number of carbonyl (C=O) groups is 2. The lowest BCUT2D eigenvalue weighted by atomic mass is 9.92. The summed E-state index contributed by atoms with van der Waals surface area (Å²) >= 11 is 0. The molecule has 0 spiro atoms. The fourth-order valence-corrected chi connectivity index (χ4v) is 5.13. The van der Waals surface area contributed by atoms with E-state index >= 15 is 0 Å². The molecule has 0 aromatic heterocycles. The molecule has 0 bridgehead atoms. The highest BCUT2D eigenvalue weighted by molar-refractivity contribution is 5.91. The van der Waals surface area contributed by atoms with Crippen LogP contribution in [0.5, 0.6) is 0 Å². The van der Waals surface area contributed by atoms with Gasteiger partial charge in [-0.3, -0.25) is 4.79 Å². The van der Waals surface area contributed by atoms with E-state index in [1.54, 1.807) is 0 Å². The Morgan fingerprint density at radius 1 is 1.03 bits per heavy atom. The van der Waals surface area contributed by atoms with Crippen molar-refractivity contribution in [2.24, 2.45) is 11.8 Å². The molecule has 7 heteroatoms. The number of carbonyl (C=O) groups excluding carboxylic acids is 2. The van der Waals surface area contributed by atoms with Crippen molar-refractivity contribution in [3.05, 3.63) is 35.9 Å². The fourth-order valence-electron chi connectivity index (χ4n) is 5.13. The summed E-state index contributed by atoms with van der Waals surface area (Å²) in [5, 5.41) is 9.48. The Labute approximate surface area is 179 Å². The number of hydrogen-bond donors (Lipinski definition) is 3. The van der Waals surface area contributed by atoms with Crippen LogP contribution in [0.3, 0.4) is 0 Å². The minimum atomic E-state index is -0.724. The second-order valence-electron chi connectivity index (χ2n) is 8.63. The summed E-state index contributed by atoms with van der Waals surface area (Å²) < 4.78 is 0. The zero-order valence-corrected chi connectivity index (χ0v) is 17.8. The Bertz CT molecular complexity index is 679. The van der Waals surface area contributed by atoms with Crippen molar-refractivity contribution >= 4 is 24.3 Å². The monoisotopic (exact) mass is 420 g/mol. The number of fused-ring (bicyclic) bond motifs is 1. The van der Waals surface area contributed by atoms with E-state index in [9.17, 15) is 9.59 Å². The Hall–Kier alpha value is -1.79. The number of hydrogen-bond acceptors (Lipinski definition) is 3. The van der Waals surface area contributed by atoms with Gasteiger partial charge in [0.2, 0.25) is 5.91 Å². The lowest BCUT2D eigenvalue weighted by Crippen LogP contribution is -2.60. The maximum Gasteiger partial charge on any atom is 0.315 e. The number of halogens is 1. The van der Waals surface area contributed by atoms with Gasteiger partial charge in [0.25, 0.3) is 0 Å². The van der Waals surface area contributed by atoms with Gasteiger partial charge in [-0.05, 0) is 56.2 Å². The molecule has 0 unspecified atom stereocenters. The lowest BCUT2D eigenvalue weighted by molar-refractivity contribution is -0.137. The molecule has 2 aliphatic heterocycles. The third-order valence-corrected chi connectivity index (χ3v) is 6.82. The Balaban J connectivity index is 0.00000240. The summed E-state index contributed by atoms with van der Waals surface area (Å²) in [6.45, 7) is 4.26. The van der Waals surface area contributed by atoms with E-state index in [0.717, 1.165) is 70.3 Å². The molecular formula is C22H33ClN4O2. The molecular weight excluding hydrogens is 388 g/mol. The summed E-state index contributed by atoms with van der Waals surface area (Å²) in [7, 11) is 0. The van der Waals surface area contributed by atoms with E-state index in [0.29, 0.717) is 18.4 Å². The first kappa shape index (κ1) is 21.9. The highest BCUT2D eigenvalue weighted by atomic mass is 35.5. The number of urea groups is 1. The number of likely N-dealkylation sites (tertiary alicyclic amines) is 1. The third kappa shape index (κ3) is 5.04. The molecule has 2 saturated heterocycles. The van der Waals surface area contributed by atoms with Gasteiger partial charge in [-0.2, -0.15) is 0 Å². The summed E-state index contributed by atoms with van der Waals surface area (Å²) in [5.74, 6) is 1.52. The topological polar surface area (TPSA) is 73.5 Å². The van der Waals surface area contributed by atoms with E-state index in [1.165, 1.54) is 0 Å². The van der Waals surface area contributed by atoms with Crippen molar-refractivity contribution in [2.75, 3.05) is 26.2 Å². The molecule has 1 aromatic rings. The molecule has 3 N–H and O–H groups in total. The second-order valence-corrected chi connectivity index (χ2v) is 8.63. The van der Waals surface area contributed by atoms with Gasteiger partial charge in [0.05, 0.1) is 0 Å². The van der Waals surface area contributed by atoms with Gasteiger partial charge < -0.3 is 20.9 Å². The van der Waals surface area contributed by atoms with Crippen molar-refractivity contribution in [2.45, 2.75) is 50.6 Å². The Morgan fingerprint density at radius 3 is 2.28 bits per heavy atom. The van der Waals surface area contributed by atoms with Crippen molar-refractivity contribution in [1.82, 2.24) is 20.9 Å². The maximum absolute atomic E-state index is 13.5. The van der Waals surface area contributed by atoms with Crippen LogP contribution in [0, 0.1) is 11.8 Å². The maximum atomic E-state index is 13.5. The number of nitrogens with zero attached hydrogens (tertiary/aromatic N) is 1. The second kappa shape index (κ2) is 9.81. The standard InChI is InChI=1S/C22H32N4O2.ClH/c27-20(26-12-8-18-15-23-16-19(18)9-13-26)22(10-4-5-11-22)25-21(28)24-14-17-6-2-1-3-7-17;/h1-3,6-7,18-19,23H,4-5,8-16H2,(H2,24,25,28);1H/t18-,19+;. The predicted molar refractivity (Wildman–Crippen MR) is 116 cm³/mol. The average molecular weight is 421 g/mol. The van der Waals surface area contributed by atoms with Crippen molar-refractivity contribution < 1.29 is 9.59 Å². The molecule has 3 amide bonds. The summed E-state index contributed by atoms with van der Waals surface area (Å²) in [6.07, 6.45) is 5.62. The zero-order chi connectivity index (χ0) is 19.4. The van der Waals surface area contributed by atoms with Crippen LogP contribution >= 0.6 is 12.4 Å². The predicted octanol–water partition coefficient (Wildman–Crippen LogP) is 2.68. The summed E-state index contributed by atoms with van der Waals surface area (Å²) in [4.78, 5) is 28.1. The minimum absolute atomic E-state index is 0. The molecule has 2 atom stereocenters. The summed E-state index contributed by atoms with van der Waals surface area (Å²) in [6, 6.07) is 9.61. The SMILES string of the molecule is Cl.O=C(NCc1ccccc1)NC1(C(=O)N2CC[C@@H]3CNC[C@@H]3CC2)CCCC1. The van der Waals surface area contributed by atoms with E-state index in [4.69, 9.17) is 0 Å². The fraction of sp³-hybridized carbons (Fsp3) is 0.636. The molecule has 1 aromatic carbocycles. The van der Waals surface area contributed by atoms with E-state index < -0.39 is 5.54 Å². The first-order valence-corrected chi connectivity index (χ1v) is 10.8. The minimum Gasteiger partial charge on any atom is -0.341 e. The van der Waals surface area contributed by atoms with Crippen LogP contribution < -0.4 is 16.0 Å².